The highest BCUT2D eigenvalue weighted by Gasteiger charge is 2.19. The number of aliphatic hydroxyl groups excluding tert-OH is 1. The Morgan fingerprint density at radius 3 is 2.67 bits per heavy atom. The Labute approximate surface area is 109 Å². The average Bonchev–Trinajstić information content (AvgIpc) is 2.40. The van der Waals surface area contributed by atoms with E-state index in [0.717, 1.165) is 37.4 Å². The van der Waals surface area contributed by atoms with Gasteiger partial charge in [-0.1, -0.05) is 6.92 Å². The molecule has 1 atom stereocenters. The molecule has 1 aliphatic heterocycles. The zero-order chi connectivity index (χ0) is 13.0. The highest BCUT2D eigenvalue weighted by Crippen LogP contribution is 2.26. The van der Waals surface area contributed by atoms with Gasteiger partial charge in [0.2, 0.25) is 0 Å². The quantitative estimate of drug-likeness (QED) is 0.881. The predicted octanol–water partition coefficient (Wildman–Crippen LogP) is 1.67. The Hall–Kier alpha value is -1.13. The predicted molar refractivity (Wildman–Crippen MR) is 73.8 cm³/mol. The van der Waals surface area contributed by atoms with E-state index in [9.17, 15) is 5.11 Å². The third-order valence-electron chi connectivity index (χ3n) is 3.53. The zero-order valence-corrected chi connectivity index (χ0v) is 11.3. The van der Waals surface area contributed by atoms with E-state index in [2.05, 4.69) is 21.7 Å². The summed E-state index contributed by atoms with van der Waals surface area (Å²) in [5, 5.41) is 9.79. The van der Waals surface area contributed by atoms with Crippen molar-refractivity contribution in [2.75, 3.05) is 37.6 Å². The van der Waals surface area contributed by atoms with E-state index in [1.54, 1.807) is 19.3 Å². The van der Waals surface area contributed by atoms with E-state index >= 15 is 0 Å². The summed E-state index contributed by atoms with van der Waals surface area (Å²) in [5.41, 5.74) is 2.07. The summed E-state index contributed by atoms with van der Waals surface area (Å²) in [5.74, 6) is 0. The average molecular weight is 249 g/mol. The van der Waals surface area contributed by atoms with E-state index in [1.807, 2.05) is 6.07 Å². The summed E-state index contributed by atoms with van der Waals surface area (Å²) in [7, 11) is 0. The van der Waals surface area contributed by atoms with Gasteiger partial charge < -0.3 is 10.0 Å². The molecule has 4 heteroatoms. The minimum atomic E-state index is -0.456. The molecule has 0 aliphatic carbocycles. The number of hydrogen-bond donors (Lipinski definition) is 1. The molecule has 0 spiro atoms. The first-order valence-corrected chi connectivity index (χ1v) is 6.81. The first-order chi connectivity index (χ1) is 8.72. The van der Waals surface area contributed by atoms with Crippen LogP contribution in [-0.4, -0.2) is 47.7 Å². The number of nitrogens with zero attached hydrogens (tertiary/aromatic N) is 3. The molecule has 0 aromatic carbocycles. The summed E-state index contributed by atoms with van der Waals surface area (Å²) in [6.45, 7) is 9.49. The maximum atomic E-state index is 9.79. The van der Waals surface area contributed by atoms with E-state index < -0.39 is 6.10 Å². The largest absolute Gasteiger partial charge is 0.389 e. The fourth-order valence-corrected chi connectivity index (χ4v) is 2.54. The number of rotatable bonds is 4. The normalized spacial score (nSPS) is 18.9. The molecule has 2 heterocycles. The van der Waals surface area contributed by atoms with Crippen molar-refractivity contribution in [2.24, 2.45) is 0 Å². The van der Waals surface area contributed by atoms with Crippen LogP contribution < -0.4 is 4.90 Å². The molecule has 1 saturated heterocycles. The van der Waals surface area contributed by atoms with Crippen LogP contribution in [0.25, 0.3) is 0 Å². The summed E-state index contributed by atoms with van der Waals surface area (Å²) in [4.78, 5) is 8.97. The van der Waals surface area contributed by atoms with Crippen molar-refractivity contribution in [3.05, 3.63) is 24.0 Å². The summed E-state index contributed by atoms with van der Waals surface area (Å²) >= 11 is 0. The Balaban J connectivity index is 2.05. The molecule has 1 N–H and O–H groups in total. The van der Waals surface area contributed by atoms with Crippen LogP contribution in [0.2, 0.25) is 0 Å². The minimum Gasteiger partial charge on any atom is -0.389 e. The van der Waals surface area contributed by atoms with Gasteiger partial charge in [-0.15, -0.1) is 0 Å². The van der Waals surface area contributed by atoms with E-state index in [1.165, 1.54) is 13.0 Å². The second-order valence-electron chi connectivity index (χ2n) is 4.94. The lowest BCUT2D eigenvalue weighted by Crippen LogP contribution is -2.46. The number of hydrogen-bond acceptors (Lipinski definition) is 4. The SMILES string of the molecule is CCCN1CCN(c2ccncc2[C@@H](C)O)CC1. The molecule has 4 nitrogen and oxygen atoms in total. The van der Waals surface area contributed by atoms with Gasteiger partial charge in [0.05, 0.1) is 6.10 Å². The van der Waals surface area contributed by atoms with Crippen LogP contribution in [0.5, 0.6) is 0 Å². The van der Waals surface area contributed by atoms with E-state index in [-0.39, 0.29) is 0 Å². The maximum absolute atomic E-state index is 9.79. The fourth-order valence-electron chi connectivity index (χ4n) is 2.54. The van der Waals surface area contributed by atoms with Crippen molar-refractivity contribution in [3.8, 4) is 0 Å². The van der Waals surface area contributed by atoms with Gasteiger partial charge in [0.25, 0.3) is 0 Å². The first kappa shape index (κ1) is 13.3. The molecule has 0 radical (unpaired) electrons. The second-order valence-corrected chi connectivity index (χ2v) is 4.94. The lowest BCUT2D eigenvalue weighted by molar-refractivity contribution is 0.198. The van der Waals surface area contributed by atoms with Gasteiger partial charge in [-0.05, 0) is 26.0 Å². The number of piperazine rings is 1. The Morgan fingerprint density at radius 1 is 1.33 bits per heavy atom. The molecule has 2 rings (SSSR count). The Bertz CT molecular complexity index is 373. The summed E-state index contributed by atoms with van der Waals surface area (Å²) in [6.07, 6.45) is 4.34. The van der Waals surface area contributed by atoms with E-state index in [4.69, 9.17) is 0 Å². The van der Waals surface area contributed by atoms with E-state index in [0.29, 0.717) is 0 Å². The van der Waals surface area contributed by atoms with Gasteiger partial charge in [-0.25, -0.2) is 0 Å². The minimum absolute atomic E-state index is 0.456. The smallest absolute Gasteiger partial charge is 0.0797 e. The molecule has 0 saturated carbocycles. The molecule has 1 fully saturated rings. The molecule has 1 aromatic rings. The number of aliphatic hydroxyl groups is 1. The lowest BCUT2D eigenvalue weighted by atomic mass is 10.1. The first-order valence-electron chi connectivity index (χ1n) is 6.81. The van der Waals surface area contributed by atoms with Crippen molar-refractivity contribution in [3.63, 3.8) is 0 Å². The topological polar surface area (TPSA) is 39.6 Å². The summed E-state index contributed by atoms with van der Waals surface area (Å²) < 4.78 is 0. The Kier molecular flexibility index (Phi) is 4.55. The fraction of sp³-hybridized carbons (Fsp3) is 0.643. The molecule has 1 aromatic heterocycles. The van der Waals surface area contributed by atoms with Gasteiger partial charge in [-0.2, -0.15) is 0 Å². The van der Waals surface area contributed by atoms with Crippen LogP contribution in [-0.2, 0) is 0 Å². The van der Waals surface area contributed by atoms with Crippen LogP contribution in [0, 0.1) is 0 Å². The number of aromatic nitrogens is 1. The molecule has 0 bridgehead atoms. The van der Waals surface area contributed by atoms with Crippen LogP contribution in [0.1, 0.15) is 31.9 Å². The van der Waals surface area contributed by atoms with Crippen molar-refractivity contribution in [1.29, 1.82) is 0 Å². The monoisotopic (exact) mass is 249 g/mol. The Morgan fingerprint density at radius 2 is 2.06 bits per heavy atom. The van der Waals surface area contributed by atoms with Gasteiger partial charge in [0.15, 0.2) is 0 Å². The molecule has 0 unspecified atom stereocenters. The summed E-state index contributed by atoms with van der Waals surface area (Å²) in [6, 6.07) is 2.01. The number of pyridine rings is 1. The van der Waals surface area contributed by atoms with Crippen LogP contribution in [0.3, 0.4) is 0 Å². The van der Waals surface area contributed by atoms with Crippen molar-refractivity contribution < 1.29 is 5.11 Å². The molecular weight excluding hydrogens is 226 g/mol. The second kappa shape index (κ2) is 6.16. The molecule has 18 heavy (non-hydrogen) atoms. The van der Waals surface area contributed by atoms with Gasteiger partial charge in [0.1, 0.15) is 0 Å². The molecule has 100 valence electrons. The third-order valence-corrected chi connectivity index (χ3v) is 3.53. The number of anilines is 1. The molecular formula is C14H23N3O. The van der Waals surface area contributed by atoms with Crippen molar-refractivity contribution >= 4 is 5.69 Å². The maximum Gasteiger partial charge on any atom is 0.0797 e. The van der Waals surface area contributed by atoms with Gasteiger partial charge >= 0.3 is 0 Å². The molecule has 1 aliphatic rings. The standard InChI is InChI=1S/C14H23N3O/c1-3-6-16-7-9-17(10-8-16)14-4-5-15-11-13(14)12(2)18/h4-5,11-12,18H,3,6-10H2,1-2H3/t12-/m1/s1. The molecule has 0 amide bonds. The highest BCUT2D eigenvalue weighted by atomic mass is 16.3. The van der Waals surface area contributed by atoms with Crippen LogP contribution >= 0.6 is 0 Å². The van der Waals surface area contributed by atoms with Crippen LogP contribution in [0.4, 0.5) is 5.69 Å². The van der Waals surface area contributed by atoms with Crippen molar-refractivity contribution in [1.82, 2.24) is 9.88 Å². The third kappa shape index (κ3) is 3.00. The highest BCUT2D eigenvalue weighted by molar-refractivity contribution is 5.53. The lowest BCUT2D eigenvalue weighted by Gasteiger charge is -2.37. The van der Waals surface area contributed by atoms with Crippen LogP contribution in [0.15, 0.2) is 18.5 Å². The van der Waals surface area contributed by atoms with Crippen molar-refractivity contribution in [2.45, 2.75) is 26.4 Å². The van der Waals surface area contributed by atoms with Gasteiger partial charge in [0, 0.05) is 49.8 Å². The zero-order valence-electron chi connectivity index (χ0n) is 11.3. The van der Waals surface area contributed by atoms with Gasteiger partial charge in [-0.3, -0.25) is 9.88 Å².